The monoisotopic (exact) mass is 661 g/mol. The van der Waals surface area contributed by atoms with Crippen LogP contribution in [0.15, 0.2) is 77.5 Å². The van der Waals surface area contributed by atoms with Crippen LogP contribution in [0.2, 0.25) is 0 Å². The predicted octanol–water partition coefficient (Wildman–Crippen LogP) is 7.23. The van der Waals surface area contributed by atoms with Gasteiger partial charge in [-0.2, -0.15) is 0 Å². The zero-order valence-corrected chi connectivity index (χ0v) is 29.3. The maximum absolute atomic E-state index is 12.3. The summed E-state index contributed by atoms with van der Waals surface area (Å²) in [6.45, 7) is 9.68. The van der Waals surface area contributed by atoms with Crippen molar-refractivity contribution in [3.05, 3.63) is 95.7 Å². The van der Waals surface area contributed by atoms with Crippen LogP contribution in [0.1, 0.15) is 76.0 Å². The molecule has 3 aromatic carbocycles. The summed E-state index contributed by atoms with van der Waals surface area (Å²) in [5.74, 6) is 2.88. The number of carbonyl (C=O) groups is 1. The van der Waals surface area contributed by atoms with Gasteiger partial charge in [0.05, 0.1) is 26.9 Å². The number of rotatable bonds is 7. The molecule has 3 unspecified atom stereocenters. The van der Waals surface area contributed by atoms with Gasteiger partial charge in [0.1, 0.15) is 40.7 Å². The third-order valence-corrected chi connectivity index (χ3v) is 8.28. The molecule has 1 fully saturated rings. The minimum atomic E-state index is -1.25. The molecule has 1 aliphatic carbocycles. The summed E-state index contributed by atoms with van der Waals surface area (Å²) in [4.78, 5) is 12.9. The molecule has 11 heteroatoms. The van der Waals surface area contributed by atoms with Crippen molar-refractivity contribution in [3.8, 4) is 23.0 Å². The second-order valence-corrected chi connectivity index (χ2v) is 12.3. The third kappa shape index (κ3) is 7.06. The fourth-order valence-electron chi connectivity index (χ4n) is 6.30. The quantitative estimate of drug-likeness (QED) is 0.217. The highest BCUT2D eigenvalue weighted by Gasteiger charge is 2.69. The molecule has 258 valence electrons. The molecule has 0 radical (unpaired) electrons. The van der Waals surface area contributed by atoms with Gasteiger partial charge in [0.2, 0.25) is 12.3 Å². The number of hydrogen-bond donors (Lipinski definition) is 1. The number of amides is 1. The van der Waals surface area contributed by atoms with Crippen molar-refractivity contribution >= 4 is 6.09 Å². The van der Waals surface area contributed by atoms with Crippen LogP contribution in [0.4, 0.5) is 4.79 Å². The molecule has 1 aromatic heterocycles. The van der Waals surface area contributed by atoms with E-state index in [0.717, 1.165) is 23.3 Å². The summed E-state index contributed by atoms with van der Waals surface area (Å²) in [7, 11) is 6.47. The molecular formula is C37H47N3O8. The van der Waals surface area contributed by atoms with Crippen molar-refractivity contribution in [2.45, 2.75) is 76.7 Å². The molecule has 0 spiro atoms. The van der Waals surface area contributed by atoms with Gasteiger partial charge >= 0.3 is 6.09 Å². The second kappa shape index (κ2) is 15.0. The van der Waals surface area contributed by atoms with E-state index in [1.54, 1.807) is 34.4 Å². The van der Waals surface area contributed by atoms with Crippen molar-refractivity contribution in [1.82, 2.24) is 15.1 Å². The van der Waals surface area contributed by atoms with Gasteiger partial charge in [-0.05, 0) is 56.9 Å². The number of fused-ring (bicyclic) bond motifs is 3. The lowest BCUT2D eigenvalue weighted by Gasteiger charge is -2.40. The van der Waals surface area contributed by atoms with E-state index in [1.807, 2.05) is 83.1 Å². The maximum atomic E-state index is 12.3. The Labute approximate surface area is 282 Å². The van der Waals surface area contributed by atoms with E-state index in [-0.39, 0.29) is 12.5 Å². The van der Waals surface area contributed by atoms with E-state index in [4.69, 9.17) is 28.1 Å². The zero-order chi connectivity index (χ0) is 35.1. The van der Waals surface area contributed by atoms with E-state index in [9.17, 15) is 9.90 Å². The first-order valence-electron chi connectivity index (χ1n) is 16.0. The summed E-state index contributed by atoms with van der Waals surface area (Å²) < 4.78 is 33.4. The lowest BCUT2D eigenvalue weighted by atomic mass is 9.71. The Bertz CT molecular complexity index is 1620. The summed E-state index contributed by atoms with van der Waals surface area (Å²) in [5, 5.41) is 19.5. The molecular weight excluding hydrogens is 614 g/mol. The molecule has 4 aromatic rings. The van der Waals surface area contributed by atoms with Crippen molar-refractivity contribution in [2.75, 3.05) is 28.4 Å². The normalized spacial score (nSPS) is 20.4. The fraction of sp³-hybridized carbons (Fsp3) is 0.432. The first kappa shape index (κ1) is 36.1. The van der Waals surface area contributed by atoms with Gasteiger partial charge in [0.25, 0.3) is 0 Å². The van der Waals surface area contributed by atoms with Crippen LogP contribution >= 0.6 is 0 Å². The lowest BCUT2D eigenvalue weighted by Crippen LogP contribution is -2.48. The highest BCUT2D eigenvalue weighted by molar-refractivity contribution is 5.67. The van der Waals surface area contributed by atoms with Gasteiger partial charge in [-0.15, -0.1) is 10.2 Å². The predicted molar refractivity (Wildman–Crippen MR) is 181 cm³/mol. The molecule has 1 saturated carbocycles. The fourth-order valence-corrected chi connectivity index (χ4v) is 6.30. The number of nitrogens with zero attached hydrogens (tertiary/aromatic N) is 3. The summed E-state index contributed by atoms with van der Waals surface area (Å²) in [5.41, 5.74) is -0.0323. The van der Waals surface area contributed by atoms with E-state index in [0.29, 0.717) is 35.1 Å². The van der Waals surface area contributed by atoms with E-state index < -0.39 is 22.9 Å². The Morgan fingerprint density at radius 2 is 1.65 bits per heavy atom. The highest BCUT2D eigenvalue weighted by Crippen LogP contribution is 2.68. The maximum Gasteiger partial charge on any atom is 0.410 e. The summed E-state index contributed by atoms with van der Waals surface area (Å²) in [6, 6.07) is 21.7. The van der Waals surface area contributed by atoms with E-state index >= 15 is 0 Å². The molecule has 1 aliphatic heterocycles. The van der Waals surface area contributed by atoms with Crippen LogP contribution in [0.3, 0.4) is 0 Å². The molecule has 2 heterocycles. The Hall–Kier alpha value is -4.77. The van der Waals surface area contributed by atoms with Gasteiger partial charge in [-0.25, -0.2) is 4.79 Å². The topological polar surface area (TPSA) is 126 Å². The molecule has 3 atom stereocenters. The van der Waals surface area contributed by atoms with E-state index in [1.165, 1.54) is 11.3 Å². The Morgan fingerprint density at radius 1 is 0.979 bits per heavy atom. The zero-order valence-electron chi connectivity index (χ0n) is 29.3. The average Bonchev–Trinajstić information content (AvgIpc) is 3.77. The van der Waals surface area contributed by atoms with Crippen LogP contribution in [0.25, 0.3) is 0 Å². The average molecular weight is 662 g/mol. The number of benzene rings is 3. The van der Waals surface area contributed by atoms with Crippen LogP contribution in [-0.4, -0.2) is 60.3 Å². The number of methoxy groups -OCH3 is 3. The number of carbonyl (C=O) groups excluding carboxylic acids is 1. The highest BCUT2D eigenvalue weighted by atomic mass is 16.6. The van der Waals surface area contributed by atoms with Crippen LogP contribution in [0, 0.1) is 0 Å². The molecule has 1 amide bonds. The third-order valence-electron chi connectivity index (χ3n) is 8.28. The van der Waals surface area contributed by atoms with Gasteiger partial charge in [-0.1, -0.05) is 56.3 Å². The lowest BCUT2D eigenvalue weighted by molar-refractivity contribution is -0.106. The van der Waals surface area contributed by atoms with Crippen molar-refractivity contribution < 1.29 is 38.0 Å². The molecule has 6 rings (SSSR count). The molecule has 11 nitrogen and oxygen atoms in total. The molecule has 48 heavy (non-hydrogen) atoms. The van der Waals surface area contributed by atoms with Gasteiger partial charge in [0.15, 0.2) is 5.60 Å². The number of hydrogen-bond acceptors (Lipinski definition) is 10. The van der Waals surface area contributed by atoms with Gasteiger partial charge < -0.3 is 38.1 Å². The summed E-state index contributed by atoms with van der Waals surface area (Å²) in [6.07, 6.45) is 2.13. The minimum Gasteiger partial charge on any atom is -0.497 e. The largest absolute Gasteiger partial charge is 0.497 e. The molecule has 2 aliphatic rings. The Balaban J connectivity index is 0.000000259. The number of aliphatic hydroxyl groups is 1. The van der Waals surface area contributed by atoms with Crippen molar-refractivity contribution in [2.24, 2.45) is 0 Å². The van der Waals surface area contributed by atoms with Gasteiger partial charge in [0, 0.05) is 25.1 Å². The van der Waals surface area contributed by atoms with Crippen molar-refractivity contribution in [3.63, 3.8) is 0 Å². The minimum absolute atomic E-state index is 0.0461. The Kier molecular flexibility index (Phi) is 11.3. The first-order valence-corrected chi connectivity index (χ1v) is 16.0. The van der Waals surface area contributed by atoms with Crippen LogP contribution in [0.5, 0.6) is 23.0 Å². The molecule has 1 N–H and O–H groups in total. The second-order valence-electron chi connectivity index (χ2n) is 12.3. The standard InChI is InChI=1S/C26H26O5.C9H15N3O3.C2H6/c1-28-19-11-9-18(10-12-19)26-21(17-7-5-4-6-8-17)13-14-25(26,27)24-22(30-3)15-20(29-2)16-23(24)31-26;1-9(2,3)15-8(13)12(4)5-7-11-10-6-14-7;1-2/h4-12,15-16,21,27H,13-14H2,1-3H3;6H,5H2,1-4H3;1-2H3. The number of aromatic nitrogens is 2. The number of ether oxygens (including phenoxy) is 5. The van der Waals surface area contributed by atoms with Crippen molar-refractivity contribution in [1.29, 1.82) is 0 Å². The molecule has 0 bridgehead atoms. The van der Waals surface area contributed by atoms with E-state index in [2.05, 4.69) is 22.3 Å². The SMILES string of the molecule is CC.CN(Cc1nnco1)C(=O)OC(C)(C)C.COc1ccc(C23Oc4cc(OC)cc(OC)c4C2(O)CCC3c2ccccc2)cc1. The van der Waals surface area contributed by atoms with Gasteiger partial charge in [-0.3, -0.25) is 0 Å². The van der Waals surface area contributed by atoms with Crippen LogP contribution in [-0.2, 0) is 22.5 Å². The smallest absolute Gasteiger partial charge is 0.410 e. The van der Waals surface area contributed by atoms with Crippen LogP contribution < -0.4 is 18.9 Å². The Morgan fingerprint density at radius 3 is 2.21 bits per heavy atom. The summed E-state index contributed by atoms with van der Waals surface area (Å²) >= 11 is 0. The molecule has 0 saturated heterocycles. The first-order chi connectivity index (χ1) is 23.0.